The molecule has 1 aliphatic heterocycles. The Bertz CT molecular complexity index is 1250. The highest BCUT2D eigenvalue weighted by Gasteiger charge is 2.42. The van der Waals surface area contributed by atoms with Gasteiger partial charge in [-0.15, -0.1) is 0 Å². The Balaban J connectivity index is 1.81. The second-order valence-corrected chi connectivity index (χ2v) is 10.3. The molecule has 0 saturated carbocycles. The number of carbonyl (C=O) groups is 1. The number of benzene rings is 1. The number of anilines is 2. The normalized spacial score (nSPS) is 17.9. The number of amides is 1. The third-order valence-electron chi connectivity index (χ3n) is 6.73. The zero-order valence-electron chi connectivity index (χ0n) is 21.6. The van der Waals surface area contributed by atoms with E-state index >= 15 is 0 Å². The van der Waals surface area contributed by atoms with Gasteiger partial charge in [-0.05, 0) is 94.4 Å². The van der Waals surface area contributed by atoms with Crippen molar-refractivity contribution in [3.8, 4) is 0 Å². The van der Waals surface area contributed by atoms with Crippen LogP contribution in [0.5, 0.6) is 0 Å². The molecule has 2 aromatic heterocycles. The summed E-state index contributed by atoms with van der Waals surface area (Å²) in [6, 6.07) is 14.6. The zero-order chi connectivity index (χ0) is 25.4. The van der Waals surface area contributed by atoms with E-state index in [1.807, 2.05) is 57.3 Å². The van der Waals surface area contributed by atoms with Gasteiger partial charge >= 0.3 is 0 Å². The van der Waals surface area contributed by atoms with E-state index in [0.717, 1.165) is 22.6 Å². The van der Waals surface area contributed by atoms with Crippen LogP contribution in [0.25, 0.3) is 0 Å². The number of pyridine rings is 1. The average Bonchev–Trinajstić information content (AvgIpc) is 3.30. The van der Waals surface area contributed by atoms with E-state index in [-0.39, 0.29) is 23.9 Å². The number of nitrogens with one attached hydrogen (secondary N) is 2. The van der Waals surface area contributed by atoms with Gasteiger partial charge in [-0.25, -0.2) is 0 Å². The maximum absolute atomic E-state index is 12.3. The Morgan fingerprint density at radius 3 is 2.40 bits per heavy atom. The molecule has 0 aliphatic carbocycles. The van der Waals surface area contributed by atoms with Crippen molar-refractivity contribution < 1.29 is 4.79 Å². The molecule has 1 aromatic carbocycles. The summed E-state index contributed by atoms with van der Waals surface area (Å²) in [5.41, 5.74) is 7.45. The summed E-state index contributed by atoms with van der Waals surface area (Å²) in [4.78, 5) is 19.1. The first-order valence-electron chi connectivity index (χ1n) is 12.2. The van der Waals surface area contributed by atoms with Gasteiger partial charge in [-0.3, -0.25) is 9.78 Å². The maximum atomic E-state index is 12.3. The molecule has 1 saturated heterocycles. The van der Waals surface area contributed by atoms with E-state index in [2.05, 4.69) is 64.9 Å². The van der Waals surface area contributed by atoms with E-state index in [1.165, 1.54) is 17.0 Å². The van der Waals surface area contributed by atoms with Crippen LogP contribution in [0.1, 0.15) is 74.0 Å². The molecule has 2 N–H and O–H groups in total. The number of nitrogens with zero attached hydrogens (tertiary/aromatic N) is 3. The average molecular weight is 490 g/mol. The Labute approximate surface area is 213 Å². The van der Waals surface area contributed by atoms with Gasteiger partial charge in [0.15, 0.2) is 5.11 Å². The van der Waals surface area contributed by atoms with E-state index in [1.54, 1.807) is 0 Å². The standard InChI is InChI=1S/C28H35N5OS/c1-16(2)27(34)30-23-12-11-21(14-18(23)5)33-26(22-15-19(6)32(17(3)4)20(22)7)25(31-28(33)35)24-10-8-9-13-29-24/h8-17,25-26H,1-7H3,(H,30,34)(H,31,35). The topological polar surface area (TPSA) is 62.2 Å². The molecule has 2 unspecified atom stereocenters. The Kier molecular flexibility index (Phi) is 6.99. The van der Waals surface area contributed by atoms with Gasteiger partial charge in [-0.2, -0.15) is 0 Å². The second-order valence-electron chi connectivity index (χ2n) is 9.93. The highest BCUT2D eigenvalue weighted by Crippen LogP contribution is 2.44. The van der Waals surface area contributed by atoms with E-state index < -0.39 is 0 Å². The van der Waals surface area contributed by atoms with E-state index in [4.69, 9.17) is 12.2 Å². The fourth-order valence-electron chi connectivity index (χ4n) is 5.06. The zero-order valence-corrected chi connectivity index (χ0v) is 22.4. The van der Waals surface area contributed by atoms with Gasteiger partial charge in [-0.1, -0.05) is 19.9 Å². The molecule has 1 fully saturated rings. The molecule has 0 bridgehead atoms. The predicted molar refractivity (Wildman–Crippen MR) is 147 cm³/mol. The summed E-state index contributed by atoms with van der Waals surface area (Å²) in [7, 11) is 0. The van der Waals surface area contributed by atoms with Crippen molar-refractivity contribution in [3.63, 3.8) is 0 Å². The first-order valence-corrected chi connectivity index (χ1v) is 12.6. The highest BCUT2D eigenvalue weighted by molar-refractivity contribution is 7.80. The largest absolute Gasteiger partial charge is 0.351 e. The van der Waals surface area contributed by atoms with Gasteiger partial charge in [0.2, 0.25) is 5.91 Å². The number of hydrogen-bond donors (Lipinski definition) is 2. The molecule has 6 nitrogen and oxygen atoms in total. The molecular weight excluding hydrogens is 454 g/mol. The first-order chi connectivity index (χ1) is 16.6. The van der Waals surface area contributed by atoms with Crippen LogP contribution in [0.3, 0.4) is 0 Å². The smallest absolute Gasteiger partial charge is 0.226 e. The van der Waals surface area contributed by atoms with Gasteiger partial charge < -0.3 is 20.1 Å². The summed E-state index contributed by atoms with van der Waals surface area (Å²) in [6.45, 7) is 14.6. The minimum Gasteiger partial charge on any atom is -0.351 e. The van der Waals surface area contributed by atoms with Crippen LogP contribution < -0.4 is 15.5 Å². The van der Waals surface area contributed by atoms with Crippen LogP contribution >= 0.6 is 12.2 Å². The molecule has 1 aliphatic rings. The Morgan fingerprint density at radius 2 is 1.83 bits per heavy atom. The minimum absolute atomic E-state index is 0.00780. The lowest BCUT2D eigenvalue weighted by Gasteiger charge is -2.29. The van der Waals surface area contributed by atoms with Crippen LogP contribution in [0.2, 0.25) is 0 Å². The van der Waals surface area contributed by atoms with Crippen molar-refractivity contribution in [2.75, 3.05) is 10.2 Å². The minimum atomic E-state index is -0.0922. The van der Waals surface area contributed by atoms with Gasteiger partial charge in [0.1, 0.15) is 0 Å². The second kappa shape index (κ2) is 9.82. The van der Waals surface area contributed by atoms with Gasteiger partial charge in [0.05, 0.1) is 17.8 Å². The maximum Gasteiger partial charge on any atom is 0.226 e. The van der Waals surface area contributed by atoms with Crippen molar-refractivity contribution in [1.29, 1.82) is 0 Å². The first kappa shape index (κ1) is 24.9. The van der Waals surface area contributed by atoms with Gasteiger partial charge in [0, 0.05) is 40.9 Å². The summed E-state index contributed by atoms with van der Waals surface area (Å²) in [5, 5.41) is 7.24. The molecule has 7 heteroatoms. The molecule has 3 aromatic rings. The number of aryl methyl sites for hydroxylation is 2. The summed E-state index contributed by atoms with van der Waals surface area (Å²) in [6.07, 6.45) is 1.83. The van der Waals surface area contributed by atoms with E-state index in [9.17, 15) is 4.79 Å². The van der Waals surface area contributed by atoms with Crippen molar-refractivity contribution in [2.24, 2.45) is 5.92 Å². The fraction of sp³-hybridized carbons (Fsp3) is 0.393. The van der Waals surface area contributed by atoms with Crippen LogP contribution in [0, 0.1) is 26.7 Å². The van der Waals surface area contributed by atoms with Crippen molar-refractivity contribution in [3.05, 3.63) is 76.9 Å². The monoisotopic (exact) mass is 489 g/mol. The molecule has 0 spiro atoms. The number of hydrogen-bond acceptors (Lipinski definition) is 3. The summed E-state index contributed by atoms with van der Waals surface area (Å²) < 4.78 is 2.38. The van der Waals surface area contributed by atoms with Crippen molar-refractivity contribution >= 4 is 34.6 Å². The summed E-state index contributed by atoms with van der Waals surface area (Å²) >= 11 is 5.90. The number of rotatable bonds is 6. The quantitative estimate of drug-likeness (QED) is 0.406. The Morgan fingerprint density at radius 1 is 1.09 bits per heavy atom. The lowest BCUT2D eigenvalue weighted by atomic mass is 9.96. The molecule has 184 valence electrons. The molecule has 2 atom stereocenters. The van der Waals surface area contributed by atoms with Crippen LogP contribution in [-0.4, -0.2) is 20.6 Å². The lowest BCUT2D eigenvalue weighted by Crippen LogP contribution is -2.29. The fourth-order valence-corrected chi connectivity index (χ4v) is 5.41. The number of carbonyl (C=O) groups excluding carboxylic acids is 1. The lowest BCUT2D eigenvalue weighted by molar-refractivity contribution is -0.118. The van der Waals surface area contributed by atoms with Crippen molar-refractivity contribution in [1.82, 2.24) is 14.9 Å². The molecule has 4 rings (SSSR count). The molecule has 1 amide bonds. The highest BCUT2D eigenvalue weighted by atomic mass is 32.1. The predicted octanol–water partition coefficient (Wildman–Crippen LogP) is 6.16. The molecule has 0 radical (unpaired) electrons. The van der Waals surface area contributed by atoms with E-state index in [0.29, 0.717) is 11.2 Å². The van der Waals surface area contributed by atoms with Crippen LogP contribution in [0.15, 0.2) is 48.7 Å². The number of thiocarbonyl (C=S) groups is 1. The number of aromatic nitrogens is 2. The SMILES string of the molecule is Cc1cc(N2C(=S)NC(c3ccccn3)C2c2cc(C)n(C(C)C)c2C)ccc1NC(=O)C(C)C. The third-order valence-corrected chi connectivity index (χ3v) is 7.04. The van der Waals surface area contributed by atoms with Crippen molar-refractivity contribution in [2.45, 2.75) is 66.6 Å². The van der Waals surface area contributed by atoms with Crippen LogP contribution in [-0.2, 0) is 4.79 Å². The van der Waals surface area contributed by atoms with Crippen LogP contribution in [0.4, 0.5) is 11.4 Å². The summed E-state index contributed by atoms with van der Waals surface area (Å²) in [5.74, 6) is -0.0717. The van der Waals surface area contributed by atoms with Gasteiger partial charge in [0.25, 0.3) is 0 Å². The Hall–Kier alpha value is -3.19. The molecule has 3 heterocycles. The molecule has 35 heavy (non-hydrogen) atoms. The molecular formula is C28H35N5OS. The third kappa shape index (κ3) is 4.69.